The Hall–Kier alpha value is -2.77. The minimum absolute atomic E-state index is 0.169. The Morgan fingerprint density at radius 2 is 2.14 bits per heavy atom. The van der Waals surface area contributed by atoms with Crippen LogP contribution in [0, 0.1) is 0 Å². The number of aliphatic hydroxyl groups excluding tert-OH is 1. The number of carbonyl (C=O) groups is 1. The SMILES string of the molecule is NC1=NC2[C@H](CO)N=C(N)N3C[C@H](OC(=O)C4=C(F)C=CC[C@@H]4F)C(O)(O)[C@]23N1. The second-order valence-electron chi connectivity index (χ2n) is 7.19. The van der Waals surface area contributed by atoms with E-state index in [0.717, 1.165) is 6.08 Å². The normalized spacial score (nSPS) is 37.5. The van der Waals surface area contributed by atoms with Crippen LogP contribution in [-0.4, -0.2) is 87.1 Å². The monoisotopic (exact) mass is 414 g/mol. The van der Waals surface area contributed by atoms with E-state index >= 15 is 0 Å². The highest BCUT2D eigenvalue weighted by Gasteiger charge is 2.74. The lowest BCUT2D eigenvalue weighted by Crippen LogP contribution is -2.77. The molecule has 13 heteroatoms. The molecule has 0 saturated carbocycles. The van der Waals surface area contributed by atoms with E-state index in [1.165, 1.54) is 11.0 Å². The molecular weight excluding hydrogens is 394 g/mol. The van der Waals surface area contributed by atoms with Crippen LogP contribution in [0.25, 0.3) is 0 Å². The first-order valence-corrected chi connectivity index (χ1v) is 8.82. The Balaban J connectivity index is 1.69. The quantitative estimate of drug-likeness (QED) is 0.208. The van der Waals surface area contributed by atoms with Crippen LogP contribution in [0.4, 0.5) is 8.78 Å². The van der Waals surface area contributed by atoms with Gasteiger partial charge in [-0.1, -0.05) is 6.08 Å². The molecule has 0 bridgehead atoms. The fourth-order valence-corrected chi connectivity index (χ4v) is 4.24. The van der Waals surface area contributed by atoms with Gasteiger partial charge in [0.05, 0.1) is 13.2 Å². The molecule has 158 valence electrons. The predicted octanol–water partition coefficient (Wildman–Crippen LogP) is -2.91. The van der Waals surface area contributed by atoms with Crippen LogP contribution in [0.1, 0.15) is 6.42 Å². The van der Waals surface area contributed by atoms with Gasteiger partial charge in [0.1, 0.15) is 29.7 Å². The number of aliphatic imine (C=N–C) groups is 2. The van der Waals surface area contributed by atoms with Crippen molar-refractivity contribution in [1.82, 2.24) is 10.2 Å². The molecule has 1 aliphatic carbocycles. The second kappa shape index (κ2) is 6.37. The maximum Gasteiger partial charge on any atom is 0.340 e. The second-order valence-corrected chi connectivity index (χ2v) is 7.19. The third-order valence-electron chi connectivity index (χ3n) is 5.58. The van der Waals surface area contributed by atoms with Crippen molar-refractivity contribution in [3.05, 3.63) is 23.6 Å². The molecule has 0 radical (unpaired) electrons. The van der Waals surface area contributed by atoms with E-state index in [2.05, 4.69) is 15.3 Å². The Bertz CT molecular complexity index is 874. The first kappa shape index (κ1) is 19.5. The highest BCUT2D eigenvalue weighted by atomic mass is 19.1. The zero-order chi connectivity index (χ0) is 21.1. The number of allylic oxidation sites excluding steroid dienone is 3. The van der Waals surface area contributed by atoms with Crippen molar-refractivity contribution >= 4 is 17.9 Å². The van der Waals surface area contributed by atoms with E-state index in [9.17, 15) is 28.9 Å². The standard InChI is InChI=1S/C16H20F2N6O5/c17-6-2-1-3-7(18)10(6)12(26)29-9-4-24-14(20)21-8(5-25)11-15(24,16(9,27)28)23-13(19)22-11/h1-2,7-9,11,25,27-28H,3-5H2,(H2,20,21)(H3,19,22,23)/t7-,8-,9-,11?,15-/m0/s1. The number of rotatable bonds is 3. The average Bonchev–Trinajstić information content (AvgIpc) is 3.10. The van der Waals surface area contributed by atoms with Gasteiger partial charge in [0.2, 0.25) is 5.79 Å². The van der Waals surface area contributed by atoms with E-state index in [1.807, 2.05) is 0 Å². The van der Waals surface area contributed by atoms with Gasteiger partial charge >= 0.3 is 5.97 Å². The molecule has 4 rings (SSSR count). The van der Waals surface area contributed by atoms with Crippen molar-refractivity contribution in [1.29, 1.82) is 0 Å². The lowest BCUT2D eigenvalue weighted by molar-refractivity contribution is -0.262. The van der Waals surface area contributed by atoms with Crippen molar-refractivity contribution in [3.8, 4) is 0 Å². The molecule has 3 aliphatic heterocycles. The van der Waals surface area contributed by atoms with Gasteiger partial charge < -0.3 is 41.7 Å². The molecule has 0 aromatic rings. The van der Waals surface area contributed by atoms with Gasteiger partial charge in [-0.15, -0.1) is 0 Å². The largest absolute Gasteiger partial charge is 0.451 e. The molecular formula is C16H20F2N6O5. The first-order chi connectivity index (χ1) is 13.6. The number of guanidine groups is 2. The summed E-state index contributed by atoms with van der Waals surface area (Å²) in [6.45, 7) is -0.895. The fraction of sp³-hybridized carbons (Fsp3) is 0.562. The van der Waals surface area contributed by atoms with Crippen LogP contribution in [-0.2, 0) is 9.53 Å². The Morgan fingerprint density at radius 1 is 1.41 bits per heavy atom. The molecule has 5 atom stereocenters. The number of nitrogens with zero attached hydrogens (tertiary/aromatic N) is 3. The van der Waals surface area contributed by atoms with Gasteiger partial charge in [0.15, 0.2) is 23.7 Å². The van der Waals surface area contributed by atoms with Crippen molar-refractivity contribution in [2.45, 2.75) is 42.2 Å². The number of nitrogens with two attached hydrogens (primary N) is 2. The van der Waals surface area contributed by atoms with Crippen molar-refractivity contribution in [2.24, 2.45) is 21.5 Å². The summed E-state index contributed by atoms with van der Waals surface area (Å²) in [6.07, 6.45) is -1.66. The highest BCUT2D eigenvalue weighted by molar-refractivity contribution is 5.92. The van der Waals surface area contributed by atoms with Crippen LogP contribution >= 0.6 is 0 Å². The number of aliphatic hydroxyl groups is 3. The molecule has 0 aromatic carbocycles. The molecule has 11 nitrogen and oxygen atoms in total. The highest BCUT2D eigenvalue weighted by Crippen LogP contribution is 2.45. The van der Waals surface area contributed by atoms with Crippen LogP contribution in [0.3, 0.4) is 0 Å². The lowest BCUT2D eigenvalue weighted by Gasteiger charge is -2.48. The topological polar surface area (TPSA) is 179 Å². The molecule has 8 N–H and O–H groups in total. The summed E-state index contributed by atoms with van der Waals surface area (Å²) in [5.41, 5.74) is 8.90. The maximum atomic E-state index is 14.0. The number of carbonyl (C=O) groups excluding carboxylic acids is 1. The Labute approximate surface area is 163 Å². The van der Waals surface area contributed by atoms with Gasteiger partial charge in [-0.25, -0.2) is 23.6 Å². The fourth-order valence-electron chi connectivity index (χ4n) is 4.24. The number of hydrogen-bond donors (Lipinski definition) is 6. The van der Waals surface area contributed by atoms with Crippen LogP contribution in [0.2, 0.25) is 0 Å². The summed E-state index contributed by atoms with van der Waals surface area (Å²) < 4.78 is 33.1. The molecule has 1 fully saturated rings. The maximum absolute atomic E-state index is 14.0. The van der Waals surface area contributed by atoms with Crippen LogP contribution in [0.15, 0.2) is 33.5 Å². The summed E-state index contributed by atoms with van der Waals surface area (Å²) >= 11 is 0. The molecule has 3 heterocycles. The van der Waals surface area contributed by atoms with Crippen molar-refractivity contribution in [3.63, 3.8) is 0 Å². The molecule has 1 spiro atoms. The summed E-state index contributed by atoms with van der Waals surface area (Å²) in [5.74, 6) is -5.67. The van der Waals surface area contributed by atoms with Crippen LogP contribution in [0.5, 0.6) is 0 Å². The number of ether oxygens (including phenoxy) is 1. The number of nitrogens with one attached hydrogen (secondary N) is 1. The van der Waals surface area contributed by atoms with Crippen LogP contribution < -0.4 is 16.8 Å². The number of halogens is 2. The molecule has 0 aromatic heterocycles. The van der Waals surface area contributed by atoms with E-state index in [-0.39, 0.29) is 24.9 Å². The zero-order valence-corrected chi connectivity index (χ0v) is 15.0. The average molecular weight is 414 g/mol. The van der Waals surface area contributed by atoms with E-state index in [1.54, 1.807) is 0 Å². The van der Waals surface area contributed by atoms with Gasteiger partial charge in [0.25, 0.3) is 0 Å². The summed E-state index contributed by atoms with van der Waals surface area (Å²) in [4.78, 5) is 21.8. The van der Waals surface area contributed by atoms with E-state index in [4.69, 9.17) is 16.2 Å². The number of esters is 1. The first-order valence-electron chi connectivity index (χ1n) is 8.82. The summed E-state index contributed by atoms with van der Waals surface area (Å²) in [7, 11) is 0. The summed E-state index contributed by atoms with van der Waals surface area (Å²) in [6, 6.07) is -2.03. The van der Waals surface area contributed by atoms with Crippen molar-refractivity contribution < 1.29 is 33.6 Å². The summed E-state index contributed by atoms with van der Waals surface area (Å²) in [5, 5.41) is 34.2. The zero-order valence-electron chi connectivity index (χ0n) is 15.0. The Morgan fingerprint density at radius 3 is 2.79 bits per heavy atom. The number of alkyl halides is 1. The molecule has 1 unspecified atom stereocenters. The van der Waals surface area contributed by atoms with E-state index in [0.29, 0.717) is 0 Å². The third kappa shape index (κ3) is 2.54. The molecule has 1 saturated heterocycles. The smallest absolute Gasteiger partial charge is 0.340 e. The van der Waals surface area contributed by atoms with Crippen molar-refractivity contribution in [2.75, 3.05) is 13.2 Å². The molecule has 29 heavy (non-hydrogen) atoms. The molecule has 0 amide bonds. The predicted molar refractivity (Wildman–Crippen MR) is 94.3 cm³/mol. The molecule has 4 aliphatic rings. The Kier molecular flexibility index (Phi) is 4.29. The van der Waals surface area contributed by atoms with Gasteiger partial charge in [0, 0.05) is 6.42 Å². The van der Waals surface area contributed by atoms with Gasteiger partial charge in [-0.05, 0) is 6.08 Å². The minimum Gasteiger partial charge on any atom is -0.451 e. The third-order valence-corrected chi connectivity index (χ3v) is 5.58. The van der Waals surface area contributed by atoms with E-state index < -0.39 is 59.8 Å². The minimum atomic E-state index is -2.85. The van der Waals surface area contributed by atoms with Gasteiger partial charge in [-0.2, -0.15) is 0 Å². The number of hydrogen-bond acceptors (Lipinski definition) is 11. The van der Waals surface area contributed by atoms with Gasteiger partial charge in [-0.3, -0.25) is 0 Å². The lowest BCUT2D eigenvalue weighted by atomic mass is 9.86.